The second-order valence-electron chi connectivity index (χ2n) is 7.03. The smallest absolute Gasteiger partial charge is 0.237 e. The highest BCUT2D eigenvalue weighted by molar-refractivity contribution is 8.01. The number of sulfone groups is 1. The Hall–Kier alpha value is -2.32. The van der Waals surface area contributed by atoms with Gasteiger partial charge in [-0.25, -0.2) is 8.42 Å². The number of anilines is 2. The monoisotopic (exact) mass is 432 g/mol. The Balaban J connectivity index is 1.75. The first kappa shape index (κ1) is 21.4. The van der Waals surface area contributed by atoms with E-state index in [1.165, 1.54) is 30.8 Å². The molecule has 1 heterocycles. The third-order valence-electron chi connectivity index (χ3n) is 4.89. The summed E-state index contributed by atoms with van der Waals surface area (Å²) in [5, 5.41) is 4.43. The number of hydrogen-bond donors (Lipinski definition) is 2. The third-order valence-corrected chi connectivity index (χ3v) is 8.20. The summed E-state index contributed by atoms with van der Waals surface area (Å²) in [6.07, 6.45) is 0.609. The summed E-state index contributed by atoms with van der Waals surface area (Å²) < 4.78 is 26.0. The molecule has 0 aromatic heterocycles. The molecule has 0 radical (unpaired) electrons. The van der Waals surface area contributed by atoms with Gasteiger partial charge in [0, 0.05) is 17.0 Å². The van der Waals surface area contributed by atoms with Crippen LogP contribution in [0, 0.1) is 0 Å². The van der Waals surface area contributed by atoms with Crippen molar-refractivity contribution in [1.29, 1.82) is 0 Å². The lowest BCUT2D eigenvalue weighted by molar-refractivity contribution is -0.116. The Morgan fingerprint density at radius 2 is 1.97 bits per heavy atom. The highest BCUT2D eigenvalue weighted by Crippen LogP contribution is 2.37. The minimum atomic E-state index is -3.73. The molecule has 29 heavy (non-hydrogen) atoms. The maximum absolute atomic E-state index is 13.0. The number of carbonyl (C=O) groups excluding carboxylic acids is 2. The molecule has 0 saturated heterocycles. The molecule has 2 aromatic rings. The number of hydrogen-bond acceptors (Lipinski definition) is 5. The van der Waals surface area contributed by atoms with Gasteiger partial charge in [0.15, 0.2) is 9.84 Å². The van der Waals surface area contributed by atoms with Crippen molar-refractivity contribution in [3.05, 3.63) is 48.0 Å². The van der Waals surface area contributed by atoms with Crippen LogP contribution < -0.4 is 10.6 Å². The van der Waals surface area contributed by atoms with Crippen molar-refractivity contribution in [1.82, 2.24) is 0 Å². The van der Waals surface area contributed by atoms with Gasteiger partial charge in [-0.2, -0.15) is 0 Å². The second kappa shape index (κ2) is 8.59. The number of para-hydroxylation sites is 1. The van der Waals surface area contributed by atoms with Gasteiger partial charge in [-0.3, -0.25) is 9.59 Å². The zero-order valence-corrected chi connectivity index (χ0v) is 18.2. The number of aryl methyl sites for hydroxylation is 1. The Morgan fingerprint density at radius 3 is 2.69 bits per heavy atom. The number of benzene rings is 2. The molecular weight excluding hydrogens is 408 g/mol. The number of amides is 2. The van der Waals surface area contributed by atoms with Crippen LogP contribution in [0.1, 0.15) is 32.8 Å². The topological polar surface area (TPSA) is 92.3 Å². The molecule has 3 rings (SSSR count). The molecule has 2 atom stereocenters. The molecule has 1 aliphatic rings. The second-order valence-corrected chi connectivity index (χ2v) is 10.8. The van der Waals surface area contributed by atoms with Crippen molar-refractivity contribution in [2.45, 2.75) is 53.9 Å². The van der Waals surface area contributed by atoms with Crippen LogP contribution in [0.3, 0.4) is 0 Å². The first-order valence-electron chi connectivity index (χ1n) is 9.45. The molecule has 0 fully saturated rings. The molecule has 2 aromatic carbocycles. The lowest BCUT2D eigenvalue weighted by Crippen LogP contribution is -2.27. The highest BCUT2D eigenvalue weighted by atomic mass is 32.2. The summed E-state index contributed by atoms with van der Waals surface area (Å²) in [7, 11) is -3.73. The highest BCUT2D eigenvalue weighted by Gasteiger charge is 2.29. The molecular formula is C21H24N2O4S2. The van der Waals surface area contributed by atoms with Crippen molar-refractivity contribution < 1.29 is 18.0 Å². The van der Waals surface area contributed by atoms with Gasteiger partial charge in [0.2, 0.25) is 11.8 Å². The van der Waals surface area contributed by atoms with Gasteiger partial charge in [-0.1, -0.05) is 25.1 Å². The summed E-state index contributed by atoms with van der Waals surface area (Å²) >= 11 is 1.39. The summed E-state index contributed by atoms with van der Waals surface area (Å²) in [5.41, 5.74) is 2.19. The molecule has 0 bridgehead atoms. The third kappa shape index (κ3) is 4.64. The van der Waals surface area contributed by atoms with E-state index in [9.17, 15) is 18.0 Å². The first-order valence-corrected chi connectivity index (χ1v) is 11.9. The summed E-state index contributed by atoms with van der Waals surface area (Å²) in [6.45, 7) is 5.31. The predicted octanol–water partition coefficient (Wildman–Crippen LogP) is 3.87. The molecule has 6 nitrogen and oxygen atoms in total. The Kier molecular flexibility index (Phi) is 6.33. The van der Waals surface area contributed by atoms with E-state index in [1.54, 1.807) is 19.1 Å². The summed E-state index contributed by atoms with van der Waals surface area (Å²) in [6, 6.07) is 12.2. The molecule has 0 saturated carbocycles. The van der Waals surface area contributed by atoms with Crippen molar-refractivity contribution in [3.63, 3.8) is 0 Å². The Labute approximate surface area is 175 Å². The number of rotatable bonds is 6. The fourth-order valence-electron chi connectivity index (χ4n) is 3.12. The minimum Gasteiger partial charge on any atom is -0.326 e. The molecule has 0 unspecified atom stereocenters. The number of nitrogens with one attached hydrogen (secondary N) is 2. The van der Waals surface area contributed by atoms with Crippen LogP contribution in [-0.4, -0.2) is 30.7 Å². The summed E-state index contributed by atoms with van der Waals surface area (Å²) in [4.78, 5) is 25.3. The van der Waals surface area contributed by atoms with Crippen LogP contribution in [0.5, 0.6) is 0 Å². The zero-order valence-electron chi connectivity index (χ0n) is 16.6. The predicted molar refractivity (Wildman–Crippen MR) is 116 cm³/mol. The largest absolute Gasteiger partial charge is 0.326 e. The van der Waals surface area contributed by atoms with Gasteiger partial charge in [-0.15, -0.1) is 11.8 Å². The van der Waals surface area contributed by atoms with Gasteiger partial charge in [0.1, 0.15) is 0 Å². The molecule has 2 N–H and O–H groups in total. The average molecular weight is 433 g/mol. The van der Waals surface area contributed by atoms with Gasteiger partial charge < -0.3 is 10.6 Å². The fraction of sp³-hybridized carbons (Fsp3) is 0.333. The number of thioether (sulfide) groups is 1. The quantitative estimate of drug-likeness (QED) is 0.723. The molecule has 0 aliphatic carbocycles. The van der Waals surface area contributed by atoms with E-state index in [2.05, 4.69) is 10.6 Å². The molecule has 154 valence electrons. The number of carbonyl (C=O) groups is 2. The van der Waals surface area contributed by atoms with Crippen molar-refractivity contribution >= 4 is 44.8 Å². The lowest BCUT2D eigenvalue weighted by atomic mass is 10.1. The molecule has 1 aliphatic heterocycles. The van der Waals surface area contributed by atoms with Gasteiger partial charge in [-0.05, 0) is 50.1 Å². The maximum atomic E-state index is 13.0. The van der Waals surface area contributed by atoms with E-state index in [0.29, 0.717) is 11.4 Å². The van der Waals surface area contributed by atoms with Crippen molar-refractivity contribution in [2.75, 3.05) is 10.6 Å². The number of fused-ring (bicyclic) bond motifs is 1. The first-order chi connectivity index (χ1) is 13.7. The van der Waals surface area contributed by atoms with Gasteiger partial charge in [0.05, 0.1) is 21.1 Å². The Morgan fingerprint density at radius 1 is 1.24 bits per heavy atom. The fourth-order valence-corrected chi connectivity index (χ4v) is 5.43. The summed E-state index contributed by atoms with van der Waals surface area (Å²) in [5.74, 6) is -0.503. The van der Waals surface area contributed by atoms with Crippen LogP contribution in [0.15, 0.2) is 52.3 Å². The van der Waals surface area contributed by atoms with Crippen LogP contribution in [0.4, 0.5) is 11.4 Å². The van der Waals surface area contributed by atoms with Gasteiger partial charge in [0.25, 0.3) is 0 Å². The van der Waals surface area contributed by atoms with E-state index >= 15 is 0 Å². The van der Waals surface area contributed by atoms with E-state index in [-0.39, 0.29) is 28.4 Å². The van der Waals surface area contributed by atoms with E-state index in [4.69, 9.17) is 0 Å². The van der Waals surface area contributed by atoms with Crippen molar-refractivity contribution in [3.8, 4) is 0 Å². The van der Waals surface area contributed by atoms with Crippen LogP contribution in [-0.2, 0) is 25.8 Å². The molecule has 0 spiro atoms. The SMILES string of the molecule is CCc1ccccc1NC(=O)C[C@@H](C)S(=O)(=O)c1ccc2c(c1)NC(=O)[C@H](C)S2. The van der Waals surface area contributed by atoms with Crippen LogP contribution in [0.2, 0.25) is 0 Å². The lowest BCUT2D eigenvalue weighted by Gasteiger charge is -2.22. The van der Waals surface area contributed by atoms with E-state index < -0.39 is 15.1 Å². The molecule has 8 heteroatoms. The zero-order chi connectivity index (χ0) is 21.2. The van der Waals surface area contributed by atoms with Crippen LogP contribution in [0.25, 0.3) is 0 Å². The normalized spacial score (nSPS) is 17.2. The maximum Gasteiger partial charge on any atom is 0.237 e. The van der Waals surface area contributed by atoms with Crippen molar-refractivity contribution in [2.24, 2.45) is 0 Å². The van der Waals surface area contributed by atoms with Gasteiger partial charge >= 0.3 is 0 Å². The Bertz CT molecular complexity index is 1050. The van der Waals surface area contributed by atoms with E-state index in [1.807, 2.05) is 25.1 Å². The molecule has 2 amide bonds. The standard InChI is InChI=1S/C21H24N2O4S2/c1-4-15-7-5-6-8-17(15)22-20(24)11-13(2)29(26,27)16-9-10-19-18(12-16)23-21(25)14(3)28-19/h5-10,12-14H,4,11H2,1-3H3,(H,22,24)(H,23,25)/t13-,14+/m1/s1. The van der Waals surface area contributed by atoms with E-state index in [0.717, 1.165) is 16.9 Å². The average Bonchev–Trinajstić information content (AvgIpc) is 2.68. The minimum absolute atomic E-state index is 0.0981. The van der Waals surface area contributed by atoms with Crippen LogP contribution >= 0.6 is 11.8 Å².